The normalized spacial score (nSPS) is 22.4. The fourth-order valence-corrected chi connectivity index (χ4v) is 3.50. The van der Waals surface area contributed by atoms with Crippen LogP contribution in [0.1, 0.15) is 18.5 Å². The predicted octanol–water partition coefficient (Wildman–Crippen LogP) is 2.27. The van der Waals surface area contributed by atoms with Crippen LogP contribution in [0.2, 0.25) is 0 Å². The second kappa shape index (κ2) is 9.61. The Morgan fingerprint density at radius 2 is 2.00 bits per heavy atom. The van der Waals surface area contributed by atoms with Gasteiger partial charge in [0.1, 0.15) is 23.6 Å². The monoisotopic (exact) mass is 442 g/mol. The number of aliphatic hydroxyl groups excluding tert-OH is 1. The Morgan fingerprint density at radius 1 is 1.31 bits per heavy atom. The Labute approximate surface area is 184 Å². The first kappa shape index (κ1) is 23.0. The van der Waals surface area contributed by atoms with Crippen LogP contribution in [0.4, 0.5) is 5.69 Å². The van der Waals surface area contributed by atoms with Crippen LogP contribution >= 0.6 is 0 Å². The van der Waals surface area contributed by atoms with Gasteiger partial charge in [-0.25, -0.2) is 10.3 Å². The van der Waals surface area contributed by atoms with Crippen LogP contribution in [0, 0.1) is 21.6 Å². The number of benzene rings is 2. The van der Waals surface area contributed by atoms with Crippen LogP contribution in [-0.2, 0) is 9.47 Å². The highest BCUT2D eigenvalue weighted by Gasteiger charge is 2.52. The van der Waals surface area contributed by atoms with E-state index in [2.05, 4.69) is 10.3 Å². The first-order valence-electron chi connectivity index (χ1n) is 9.50. The van der Waals surface area contributed by atoms with Crippen molar-refractivity contribution < 1.29 is 29.0 Å². The van der Waals surface area contributed by atoms with E-state index in [9.17, 15) is 15.2 Å². The van der Waals surface area contributed by atoms with Crippen LogP contribution in [0.3, 0.4) is 0 Å². The Morgan fingerprint density at radius 3 is 2.59 bits per heavy atom. The van der Waals surface area contributed by atoms with Gasteiger partial charge in [0.2, 0.25) is 0 Å². The highest BCUT2D eigenvalue weighted by Crippen LogP contribution is 2.45. The molecule has 0 saturated carbocycles. The SMILES string of the molecule is COC(OC)[C@]1(C)Oc2ccc([N+](=O)[O-])cc2[C@H](N=C(NC#N)Oc2ccccc2)[C@H]1O. The predicted molar refractivity (Wildman–Crippen MR) is 112 cm³/mol. The number of hydrogen-bond acceptors (Lipinski definition) is 9. The van der Waals surface area contributed by atoms with Gasteiger partial charge < -0.3 is 24.1 Å². The second-order valence-corrected chi connectivity index (χ2v) is 7.04. The Bertz CT molecular complexity index is 1040. The van der Waals surface area contributed by atoms with Crippen molar-refractivity contribution in [3.8, 4) is 17.7 Å². The zero-order valence-corrected chi connectivity index (χ0v) is 17.6. The summed E-state index contributed by atoms with van der Waals surface area (Å²) in [6.07, 6.45) is -0.655. The van der Waals surface area contributed by atoms with Gasteiger partial charge in [-0.2, -0.15) is 5.26 Å². The lowest BCUT2D eigenvalue weighted by atomic mass is 9.84. The van der Waals surface area contributed by atoms with Gasteiger partial charge in [0.15, 0.2) is 18.1 Å². The fourth-order valence-electron chi connectivity index (χ4n) is 3.50. The summed E-state index contributed by atoms with van der Waals surface area (Å²) in [5, 5.41) is 34.1. The molecule has 3 rings (SSSR count). The van der Waals surface area contributed by atoms with Gasteiger partial charge in [0.25, 0.3) is 5.69 Å². The molecule has 0 spiro atoms. The van der Waals surface area contributed by atoms with Crippen LogP contribution in [0.25, 0.3) is 0 Å². The lowest BCUT2D eigenvalue weighted by molar-refractivity contribution is -0.385. The van der Waals surface area contributed by atoms with E-state index in [1.165, 1.54) is 32.4 Å². The number of methoxy groups -OCH3 is 2. The average Bonchev–Trinajstić information content (AvgIpc) is 2.78. The van der Waals surface area contributed by atoms with Crippen LogP contribution in [-0.4, -0.2) is 48.3 Å². The van der Waals surface area contributed by atoms with Gasteiger partial charge in [-0.05, 0) is 25.1 Å². The van der Waals surface area contributed by atoms with Gasteiger partial charge in [-0.15, -0.1) is 0 Å². The molecule has 0 unspecified atom stereocenters. The van der Waals surface area contributed by atoms with Crippen molar-refractivity contribution >= 4 is 11.7 Å². The molecule has 2 N–H and O–H groups in total. The molecule has 1 aliphatic heterocycles. The van der Waals surface area contributed by atoms with E-state index in [1.54, 1.807) is 43.4 Å². The molecule has 32 heavy (non-hydrogen) atoms. The summed E-state index contributed by atoms with van der Waals surface area (Å²) in [6.45, 7) is 1.57. The van der Waals surface area contributed by atoms with E-state index < -0.39 is 29.0 Å². The highest BCUT2D eigenvalue weighted by molar-refractivity contribution is 5.78. The number of hydrogen-bond donors (Lipinski definition) is 2. The summed E-state index contributed by atoms with van der Waals surface area (Å²) in [5.74, 6) is 0.636. The summed E-state index contributed by atoms with van der Waals surface area (Å²) in [5.41, 5.74) is -1.41. The van der Waals surface area contributed by atoms with Crippen LogP contribution in [0.5, 0.6) is 11.5 Å². The molecule has 0 fully saturated rings. The number of non-ortho nitro benzene ring substituents is 1. The molecular weight excluding hydrogens is 420 g/mol. The lowest BCUT2D eigenvalue weighted by Crippen LogP contribution is -2.59. The van der Waals surface area contributed by atoms with E-state index in [4.69, 9.17) is 24.2 Å². The minimum absolute atomic E-state index is 0.211. The molecule has 11 heteroatoms. The number of fused-ring (bicyclic) bond motifs is 1. The number of nitro benzene ring substituents is 1. The van der Waals surface area contributed by atoms with Gasteiger partial charge in [-0.3, -0.25) is 10.1 Å². The number of nitrogens with zero attached hydrogens (tertiary/aromatic N) is 3. The van der Waals surface area contributed by atoms with Crippen LogP contribution < -0.4 is 14.8 Å². The van der Waals surface area contributed by atoms with Crippen molar-refractivity contribution in [2.24, 2.45) is 4.99 Å². The van der Waals surface area contributed by atoms with Crippen molar-refractivity contribution in [2.75, 3.05) is 14.2 Å². The third kappa shape index (κ3) is 4.47. The summed E-state index contributed by atoms with van der Waals surface area (Å²) >= 11 is 0. The summed E-state index contributed by atoms with van der Waals surface area (Å²) in [7, 11) is 2.78. The number of rotatable bonds is 6. The number of aliphatic imine (C=N–C) groups is 1. The maximum absolute atomic E-state index is 11.3. The zero-order chi connectivity index (χ0) is 23.3. The molecule has 0 saturated heterocycles. The minimum Gasteiger partial charge on any atom is -0.479 e. The molecular formula is C21H22N4O7. The number of amidine groups is 1. The third-order valence-electron chi connectivity index (χ3n) is 5.01. The van der Waals surface area contributed by atoms with Gasteiger partial charge in [0.05, 0.1) is 4.92 Å². The topological polar surface area (TPSA) is 148 Å². The standard InChI is InChI=1S/C21H22N4O7/c1-21(19(29-2)30-3)18(26)17(15-11-13(25(27)28)9-10-16(15)32-21)24-20(23-12-22)31-14-7-5-4-6-8-14/h4-11,17-19,26H,1-3H3,(H,23,24)/t17-,18+,21+/m0/s1. The molecule has 1 aliphatic rings. The smallest absolute Gasteiger partial charge is 0.304 e. The Kier molecular flexibility index (Phi) is 6.89. The maximum Gasteiger partial charge on any atom is 0.304 e. The van der Waals surface area contributed by atoms with E-state index in [0.717, 1.165) is 0 Å². The number of nitrogens with one attached hydrogen (secondary N) is 1. The molecule has 11 nitrogen and oxygen atoms in total. The van der Waals surface area contributed by atoms with Crippen molar-refractivity contribution in [3.05, 3.63) is 64.2 Å². The number of para-hydroxylation sites is 1. The van der Waals surface area contributed by atoms with Crippen molar-refractivity contribution in [2.45, 2.75) is 31.0 Å². The lowest BCUT2D eigenvalue weighted by Gasteiger charge is -2.45. The average molecular weight is 442 g/mol. The van der Waals surface area contributed by atoms with Gasteiger partial charge in [-0.1, -0.05) is 18.2 Å². The third-order valence-corrected chi connectivity index (χ3v) is 5.01. The molecule has 0 radical (unpaired) electrons. The molecule has 0 aliphatic carbocycles. The van der Waals surface area contributed by atoms with Crippen molar-refractivity contribution in [1.82, 2.24) is 5.32 Å². The van der Waals surface area contributed by atoms with E-state index >= 15 is 0 Å². The Balaban J connectivity index is 2.13. The van der Waals surface area contributed by atoms with Gasteiger partial charge in [0, 0.05) is 31.9 Å². The number of nitro groups is 1. The first-order valence-corrected chi connectivity index (χ1v) is 9.50. The zero-order valence-electron chi connectivity index (χ0n) is 17.6. The largest absolute Gasteiger partial charge is 0.479 e. The highest BCUT2D eigenvalue weighted by atomic mass is 16.7. The molecule has 1 heterocycles. The summed E-state index contributed by atoms with van der Waals surface area (Å²) in [6, 6.07) is 11.2. The summed E-state index contributed by atoms with van der Waals surface area (Å²) in [4.78, 5) is 15.1. The van der Waals surface area contributed by atoms with Gasteiger partial charge >= 0.3 is 6.02 Å². The van der Waals surface area contributed by atoms with Crippen molar-refractivity contribution in [1.29, 1.82) is 5.26 Å². The molecule has 2 aromatic rings. The van der Waals surface area contributed by atoms with Crippen LogP contribution in [0.15, 0.2) is 53.5 Å². The Hall–Kier alpha value is -3.72. The second-order valence-electron chi connectivity index (χ2n) is 7.04. The first-order chi connectivity index (χ1) is 15.3. The summed E-state index contributed by atoms with van der Waals surface area (Å²) < 4.78 is 22.3. The van der Waals surface area contributed by atoms with Crippen molar-refractivity contribution in [3.63, 3.8) is 0 Å². The molecule has 3 atom stereocenters. The molecule has 0 aromatic heterocycles. The van der Waals surface area contributed by atoms with E-state index in [1.807, 2.05) is 0 Å². The molecule has 0 bridgehead atoms. The number of nitriles is 1. The molecule has 168 valence electrons. The van der Waals surface area contributed by atoms with E-state index in [0.29, 0.717) is 5.75 Å². The number of ether oxygens (including phenoxy) is 4. The van der Waals surface area contributed by atoms with E-state index in [-0.39, 0.29) is 23.0 Å². The maximum atomic E-state index is 11.3. The molecule has 0 amide bonds. The fraction of sp³-hybridized carbons (Fsp3) is 0.333. The minimum atomic E-state index is -1.44. The number of aliphatic hydroxyl groups is 1. The molecule has 2 aromatic carbocycles. The quantitative estimate of drug-likeness (QED) is 0.131.